The van der Waals surface area contributed by atoms with Crippen LogP contribution in [0.15, 0.2) is 0 Å². The maximum Gasteiger partial charge on any atom is 0.258 e. The molecule has 56 valence electrons. The first-order valence-electron chi connectivity index (χ1n) is 1.69. The van der Waals surface area contributed by atoms with Crippen molar-refractivity contribution < 1.29 is 21.0 Å². The van der Waals surface area contributed by atoms with Crippen LogP contribution in [0, 0.1) is 0 Å². The lowest BCUT2D eigenvalue weighted by Gasteiger charge is -1.89. The molecule has 0 rings (SSSR count). The van der Waals surface area contributed by atoms with Crippen LogP contribution in [-0.2, 0) is 25.2 Å². The summed E-state index contributed by atoms with van der Waals surface area (Å²) in [5, 5.41) is 4.36. The van der Waals surface area contributed by atoms with Gasteiger partial charge in [0.15, 0.2) is 5.94 Å². The first-order valence-corrected chi connectivity index (χ1v) is 4.50. The van der Waals surface area contributed by atoms with E-state index in [9.17, 15) is 16.8 Å². The summed E-state index contributed by atoms with van der Waals surface area (Å²) in [7, 11) is -6.95. The van der Waals surface area contributed by atoms with Gasteiger partial charge in [-0.3, -0.25) is 4.18 Å². The van der Waals surface area contributed by atoms with Crippen molar-refractivity contribution in [2.24, 2.45) is 5.14 Å². The van der Waals surface area contributed by atoms with Gasteiger partial charge in [0.05, 0.1) is 0 Å². The van der Waals surface area contributed by atoms with Crippen LogP contribution in [0.4, 0.5) is 0 Å². The van der Waals surface area contributed by atoms with Gasteiger partial charge in [0.1, 0.15) is 0 Å². The highest BCUT2D eigenvalue weighted by molar-refractivity contribution is 7.89. The molecule has 6 nitrogen and oxygen atoms in total. The van der Waals surface area contributed by atoms with Crippen molar-refractivity contribution in [2.45, 2.75) is 0 Å². The van der Waals surface area contributed by atoms with Crippen LogP contribution in [0.1, 0.15) is 0 Å². The fraction of sp³-hybridized carbons (Fsp3) is 1.00. The van der Waals surface area contributed by atoms with Crippen molar-refractivity contribution in [3.8, 4) is 0 Å². The monoisotopic (exact) mass is 175 g/mol. The molecule has 0 aliphatic carbocycles. The van der Waals surface area contributed by atoms with Gasteiger partial charge in [-0.1, -0.05) is 0 Å². The predicted molar refractivity (Wildman–Crippen MR) is 29.4 cm³/mol. The first-order chi connectivity index (χ1) is 3.92. The summed E-state index contributed by atoms with van der Waals surface area (Å²) in [6.07, 6.45) is 0. The van der Waals surface area contributed by atoms with Crippen LogP contribution in [0.25, 0.3) is 0 Å². The van der Waals surface area contributed by atoms with Crippen LogP contribution in [-0.4, -0.2) is 22.8 Å². The third kappa shape index (κ3) is 7.82. The predicted octanol–water partition coefficient (Wildman–Crippen LogP) is -2.22. The Labute approximate surface area is 53.8 Å². The Morgan fingerprint density at radius 1 is 1.44 bits per heavy atom. The summed E-state index contributed by atoms with van der Waals surface area (Å²) in [6, 6.07) is 0. The van der Waals surface area contributed by atoms with Gasteiger partial charge in [-0.2, -0.15) is 0 Å². The van der Waals surface area contributed by atoms with Crippen molar-refractivity contribution >= 4 is 21.0 Å². The summed E-state index contributed by atoms with van der Waals surface area (Å²) < 4.78 is 42.6. The van der Waals surface area contributed by atoms with E-state index in [0.29, 0.717) is 0 Å². The molecule has 2 N–H and O–H groups in total. The normalized spacial score (nSPS) is 12.2. The van der Waals surface area contributed by atoms with E-state index < -0.39 is 26.9 Å². The number of sulfonamides is 1. The number of hydrogen-bond acceptors (Lipinski definition) is 5. The molecule has 9 heavy (non-hydrogen) atoms. The fourth-order valence-corrected chi connectivity index (χ4v) is 1.05. The lowest BCUT2D eigenvalue weighted by molar-refractivity contribution is 0.386. The van der Waals surface area contributed by atoms with E-state index in [2.05, 4.69) is 9.32 Å². The molecule has 0 amide bonds. The second kappa shape index (κ2) is 3.11. The molecule has 0 aromatic rings. The summed E-state index contributed by atoms with van der Waals surface area (Å²) >= 11 is 0. The second-order valence-corrected chi connectivity index (χ2v) is 3.40. The topological polar surface area (TPSA) is 104 Å². The van der Waals surface area contributed by atoms with Crippen LogP contribution in [0.3, 0.4) is 0 Å². The van der Waals surface area contributed by atoms with E-state index in [0.717, 1.165) is 0 Å². The Bertz CT molecular complexity index is 228. The Morgan fingerprint density at radius 3 is 2.00 bits per heavy atom. The van der Waals surface area contributed by atoms with E-state index in [1.54, 1.807) is 0 Å². The molecule has 0 aliphatic rings. The Hall–Kier alpha value is -0.180. The molecule has 0 fully saturated rings. The molecule has 0 spiro atoms. The SMILES string of the molecule is NS(=O)(=O)CO[SH](=O)=O. The van der Waals surface area contributed by atoms with Crippen molar-refractivity contribution in [3.05, 3.63) is 0 Å². The van der Waals surface area contributed by atoms with Crippen molar-refractivity contribution in [2.75, 3.05) is 5.94 Å². The third-order valence-electron chi connectivity index (χ3n) is 0.322. The minimum Gasteiger partial charge on any atom is -0.254 e. The summed E-state index contributed by atoms with van der Waals surface area (Å²) in [5.74, 6) is -0.994. The van der Waals surface area contributed by atoms with Crippen LogP contribution in [0.5, 0.6) is 0 Å². The van der Waals surface area contributed by atoms with E-state index in [1.807, 2.05) is 0 Å². The van der Waals surface area contributed by atoms with Crippen molar-refractivity contribution in [3.63, 3.8) is 0 Å². The van der Waals surface area contributed by atoms with E-state index >= 15 is 0 Å². The third-order valence-corrected chi connectivity index (χ3v) is 1.28. The number of primary sulfonamides is 1. The molecule has 0 aromatic heterocycles. The molecule has 8 heteroatoms. The maximum atomic E-state index is 9.92. The van der Waals surface area contributed by atoms with Gasteiger partial charge in [-0.15, -0.1) is 0 Å². The molecular formula is CH5NO5S2. The lowest BCUT2D eigenvalue weighted by atomic mass is 11.7. The highest BCUT2D eigenvalue weighted by Gasteiger charge is 2.01. The van der Waals surface area contributed by atoms with Crippen molar-refractivity contribution in [1.82, 2.24) is 0 Å². The summed E-state index contributed by atoms with van der Waals surface area (Å²) in [5.41, 5.74) is 0. The fourth-order valence-electron chi connectivity index (χ4n) is 0.116. The number of thiol groups is 1. The molecule has 0 radical (unpaired) electrons. The lowest BCUT2D eigenvalue weighted by Crippen LogP contribution is -2.17. The Morgan fingerprint density at radius 2 is 1.89 bits per heavy atom. The molecule has 0 aromatic carbocycles. The van der Waals surface area contributed by atoms with E-state index in [4.69, 9.17) is 0 Å². The highest BCUT2D eigenvalue weighted by atomic mass is 32.2. The Kier molecular flexibility index (Phi) is 3.04. The summed E-state index contributed by atoms with van der Waals surface area (Å²) in [4.78, 5) is 0. The van der Waals surface area contributed by atoms with E-state index in [1.165, 1.54) is 0 Å². The standard InChI is InChI=1S/CH5NO5S2/c2-9(5,6)1-7-8(3)4/h8H,1H2,(H2,2,5,6). The minimum atomic E-state index is -3.83. The highest BCUT2D eigenvalue weighted by Crippen LogP contribution is 1.78. The average molecular weight is 175 g/mol. The molecule has 0 saturated carbocycles. The van der Waals surface area contributed by atoms with Crippen molar-refractivity contribution in [1.29, 1.82) is 0 Å². The quantitative estimate of drug-likeness (QED) is 0.473. The molecule has 0 saturated heterocycles. The zero-order valence-electron chi connectivity index (χ0n) is 4.18. The summed E-state index contributed by atoms with van der Waals surface area (Å²) in [6.45, 7) is 0. The Balaban J connectivity index is 3.81. The molecule has 0 aliphatic heterocycles. The molecule has 0 bridgehead atoms. The maximum absolute atomic E-state index is 9.92. The minimum absolute atomic E-state index is 0.994. The number of hydrogen-bond donors (Lipinski definition) is 2. The van der Waals surface area contributed by atoms with Gasteiger partial charge in [0, 0.05) is 0 Å². The van der Waals surface area contributed by atoms with E-state index in [-0.39, 0.29) is 0 Å². The zero-order valence-corrected chi connectivity index (χ0v) is 5.89. The largest absolute Gasteiger partial charge is 0.258 e. The number of rotatable bonds is 3. The van der Waals surface area contributed by atoms with Gasteiger partial charge in [0.25, 0.3) is 11.0 Å². The zero-order chi connectivity index (χ0) is 7.49. The van der Waals surface area contributed by atoms with Gasteiger partial charge in [-0.25, -0.2) is 22.0 Å². The van der Waals surface area contributed by atoms with Crippen LogP contribution >= 0.6 is 0 Å². The van der Waals surface area contributed by atoms with Gasteiger partial charge in [0.2, 0.25) is 10.0 Å². The van der Waals surface area contributed by atoms with Gasteiger partial charge in [-0.05, 0) is 0 Å². The van der Waals surface area contributed by atoms with Crippen LogP contribution in [0.2, 0.25) is 0 Å². The average Bonchev–Trinajstić information content (AvgIpc) is 1.59. The second-order valence-electron chi connectivity index (χ2n) is 1.13. The molecular weight excluding hydrogens is 170 g/mol. The molecule has 0 atom stereocenters. The van der Waals surface area contributed by atoms with Gasteiger partial charge >= 0.3 is 0 Å². The molecule has 0 heterocycles. The number of nitrogens with two attached hydrogens (primary N) is 1. The smallest absolute Gasteiger partial charge is 0.254 e. The van der Waals surface area contributed by atoms with Crippen LogP contribution < -0.4 is 5.14 Å². The first kappa shape index (κ1) is 8.82. The molecule has 0 unspecified atom stereocenters. The van der Waals surface area contributed by atoms with Gasteiger partial charge < -0.3 is 0 Å².